The summed E-state index contributed by atoms with van der Waals surface area (Å²) in [5.74, 6) is -1.76. The zero-order valence-corrected chi connectivity index (χ0v) is 15.6. The van der Waals surface area contributed by atoms with E-state index in [0.717, 1.165) is 16.5 Å². The summed E-state index contributed by atoms with van der Waals surface area (Å²) in [7, 11) is 0. The van der Waals surface area contributed by atoms with E-state index >= 15 is 0 Å². The van der Waals surface area contributed by atoms with E-state index in [0.29, 0.717) is 6.07 Å². The van der Waals surface area contributed by atoms with Gasteiger partial charge in [-0.25, -0.2) is 32.6 Å². The second kappa shape index (κ2) is 7.16. The first-order valence-electron chi connectivity index (χ1n) is 8.84. The second-order valence-corrected chi connectivity index (χ2v) is 6.79. The summed E-state index contributed by atoms with van der Waals surface area (Å²) in [4.78, 5) is 20.8. The molecule has 0 aliphatic carbocycles. The number of benzene rings is 1. The first-order chi connectivity index (χ1) is 14.3. The highest BCUT2D eigenvalue weighted by atomic mass is 19.1. The highest BCUT2D eigenvalue weighted by molar-refractivity contribution is 5.41. The smallest absolute Gasteiger partial charge is 0.334 e. The lowest BCUT2D eigenvalue weighted by Crippen LogP contribution is -2.44. The third-order valence-corrected chi connectivity index (χ3v) is 5.03. The van der Waals surface area contributed by atoms with Gasteiger partial charge in [-0.05, 0) is 19.1 Å². The van der Waals surface area contributed by atoms with Crippen LogP contribution < -0.4 is 5.69 Å². The number of nitriles is 1. The molecule has 0 aliphatic rings. The zero-order chi connectivity index (χ0) is 21.5. The molecular weight excluding hydrogens is 396 g/mol. The second-order valence-electron chi connectivity index (χ2n) is 6.79. The van der Waals surface area contributed by atoms with Gasteiger partial charge in [0.05, 0.1) is 18.8 Å². The van der Waals surface area contributed by atoms with Crippen molar-refractivity contribution in [1.29, 1.82) is 5.26 Å². The Morgan fingerprint density at radius 3 is 2.80 bits per heavy atom. The zero-order valence-electron chi connectivity index (χ0n) is 15.6. The van der Waals surface area contributed by atoms with Crippen molar-refractivity contribution in [2.75, 3.05) is 0 Å². The van der Waals surface area contributed by atoms with Gasteiger partial charge in [-0.3, -0.25) is 4.57 Å². The van der Waals surface area contributed by atoms with Crippen LogP contribution in [0.1, 0.15) is 24.2 Å². The number of hydrogen-bond acceptors (Lipinski definition) is 6. The number of aliphatic hydroxyl groups is 1. The van der Waals surface area contributed by atoms with Crippen LogP contribution in [0.25, 0.3) is 5.65 Å². The molecule has 0 unspecified atom stereocenters. The number of nitrogens with zero attached hydrogens (tertiary/aromatic N) is 7. The Balaban J connectivity index is 1.88. The number of rotatable bonds is 5. The molecule has 9 nitrogen and oxygen atoms in total. The van der Waals surface area contributed by atoms with E-state index in [9.17, 15) is 18.7 Å². The number of halogens is 2. The number of fused-ring (bicyclic) bond motifs is 1. The molecule has 0 radical (unpaired) electrons. The minimum absolute atomic E-state index is 0.0555. The summed E-state index contributed by atoms with van der Waals surface area (Å²) in [5.41, 5.74) is -2.48. The molecule has 1 N–H and O–H groups in total. The molecule has 1 aromatic carbocycles. The van der Waals surface area contributed by atoms with Gasteiger partial charge in [-0.15, -0.1) is 0 Å². The van der Waals surface area contributed by atoms with Gasteiger partial charge < -0.3 is 5.11 Å². The van der Waals surface area contributed by atoms with E-state index in [1.165, 1.54) is 47.3 Å². The maximum atomic E-state index is 14.7. The fourth-order valence-corrected chi connectivity index (χ4v) is 3.42. The van der Waals surface area contributed by atoms with Crippen molar-refractivity contribution in [2.45, 2.75) is 25.1 Å². The van der Waals surface area contributed by atoms with Gasteiger partial charge >= 0.3 is 5.69 Å². The molecule has 0 bridgehead atoms. The van der Waals surface area contributed by atoms with Crippen molar-refractivity contribution in [1.82, 2.24) is 28.7 Å². The van der Waals surface area contributed by atoms with Crippen molar-refractivity contribution < 1.29 is 13.9 Å². The molecule has 4 aromatic rings. The largest absolute Gasteiger partial charge is 0.381 e. The maximum absolute atomic E-state index is 14.7. The van der Waals surface area contributed by atoms with Crippen molar-refractivity contribution in [3.8, 4) is 6.07 Å². The normalized spacial score (nSPS) is 14.4. The first-order valence-corrected chi connectivity index (χ1v) is 8.84. The van der Waals surface area contributed by atoms with Crippen LogP contribution in [0.2, 0.25) is 0 Å². The summed E-state index contributed by atoms with van der Waals surface area (Å²) >= 11 is 0. The summed E-state index contributed by atoms with van der Waals surface area (Å²) in [5, 5.41) is 24.6. The van der Waals surface area contributed by atoms with Gasteiger partial charge in [-0.1, -0.05) is 6.07 Å². The van der Waals surface area contributed by atoms with E-state index in [-0.39, 0.29) is 23.4 Å². The van der Waals surface area contributed by atoms with E-state index < -0.39 is 29.0 Å². The molecule has 0 aliphatic heterocycles. The molecule has 4 rings (SSSR count). The molecule has 0 amide bonds. The van der Waals surface area contributed by atoms with Crippen LogP contribution in [0.3, 0.4) is 0 Å². The Hall–Kier alpha value is -3.91. The Morgan fingerprint density at radius 2 is 2.13 bits per heavy atom. The van der Waals surface area contributed by atoms with Crippen LogP contribution in [-0.4, -0.2) is 33.8 Å². The average Bonchev–Trinajstić information content (AvgIpc) is 3.37. The fourth-order valence-electron chi connectivity index (χ4n) is 3.42. The Kier molecular flexibility index (Phi) is 4.63. The highest BCUT2D eigenvalue weighted by Crippen LogP contribution is 2.36. The van der Waals surface area contributed by atoms with Crippen LogP contribution in [0, 0.1) is 23.0 Å². The van der Waals surface area contributed by atoms with Crippen molar-refractivity contribution in [3.63, 3.8) is 0 Å². The van der Waals surface area contributed by atoms with Crippen molar-refractivity contribution in [3.05, 3.63) is 82.7 Å². The molecular formula is C19H15F2N7O2. The molecule has 11 heteroatoms. The number of hydrogen-bond donors (Lipinski definition) is 1. The SMILES string of the molecule is C[C@@H](n1ccc2nc(C#N)cn2c1=O)[C@](O)(Cn1cncn1)c1ccc(F)cc1F. The Labute approximate surface area is 168 Å². The highest BCUT2D eigenvalue weighted by Gasteiger charge is 2.41. The third-order valence-electron chi connectivity index (χ3n) is 5.03. The van der Waals surface area contributed by atoms with Gasteiger partial charge in [0.15, 0.2) is 5.69 Å². The molecule has 30 heavy (non-hydrogen) atoms. The predicted molar refractivity (Wildman–Crippen MR) is 99.2 cm³/mol. The van der Waals surface area contributed by atoms with Crippen molar-refractivity contribution >= 4 is 5.65 Å². The fraction of sp³-hybridized carbons (Fsp3) is 0.211. The third kappa shape index (κ3) is 3.13. The average molecular weight is 411 g/mol. The van der Waals surface area contributed by atoms with E-state index in [1.54, 1.807) is 0 Å². The van der Waals surface area contributed by atoms with Gasteiger partial charge in [-0.2, -0.15) is 10.4 Å². The summed E-state index contributed by atoms with van der Waals surface area (Å²) in [6.07, 6.45) is 5.25. The molecule has 0 saturated heterocycles. The van der Waals surface area contributed by atoms with Crippen LogP contribution in [0.4, 0.5) is 8.78 Å². The lowest BCUT2D eigenvalue weighted by Gasteiger charge is -2.35. The van der Waals surface area contributed by atoms with Crippen LogP contribution in [0.5, 0.6) is 0 Å². The van der Waals surface area contributed by atoms with Gasteiger partial charge in [0.1, 0.15) is 41.6 Å². The first kappa shape index (κ1) is 19.4. The topological polar surface area (TPSA) is 114 Å². The summed E-state index contributed by atoms with van der Waals surface area (Å²) in [6, 6.07) is 5.15. The summed E-state index contributed by atoms with van der Waals surface area (Å²) in [6.45, 7) is 1.27. The van der Waals surface area contributed by atoms with Crippen LogP contribution in [-0.2, 0) is 12.1 Å². The monoisotopic (exact) mass is 411 g/mol. The molecule has 2 atom stereocenters. The van der Waals surface area contributed by atoms with Crippen molar-refractivity contribution in [2.24, 2.45) is 0 Å². The molecule has 3 aromatic heterocycles. The Bertz CT molecular complexity index is 1320. The quantitative estimate of drug-likeness (QED) is 0.531. The minimum Gasteiger partial charge on any atom is -0.381 e. The molecule has 0 saturated carbocycles. The van der Waals surface area contributed by atoms with Crippen LogP contribution >= 0.6 is 0 Å². The minimum atomic E-state index is -2.00. The lowest BCUT2D eigenvalue weighted by molar-refractivity contribution is -0.0346. The van der Waals surface area contributed by atoms with E-state index in [1.807, 2.05) is 6.07 Å². The maximum Gasteiger partial charge on any atom is 0.334 e. The van der Waals surface area contributed by atoms with Gasteiger partial charge in [0, 0.05) is 17.8 Å². The summed E-state index contributed by atoms with van der Waals surface area (Å²) < 4.78 is 31.8. The van der Waals surface area contributed by atoms with E-state index in [4.69, 9.17) is 5.26 Å². The molecule has 3 heterocycles. The van der Waals surface area contributed by atoms with Gasteiger partial charge in [0.2, 0.25) is 0 Å². The Morgan fingerprint density at radius 1 is 1.33 bits per heavy atom. The number of imidazole rings is 1. The number of aromatic nitrogens is 6. The van der Waals surface area contributed by atoms with E-state index in [2.05, 4.69) is 15.1 Å². The molecule has 0 spiro atoms. The lowest BCUT2D eigenvalue weighted by atomic mass is 9.86. The standard InChI is InChI=1S/C19H15F2N7O2/c1-12(27-5-4-17-25-14(7-22)8-28(17)18(27)29)19(30,9-26-11-23-10-24-26)15-3-2-13(20)6-16(15)21/h2-6,8,10-12,30H,9H2,1H3/t12-,19-/m1/s1. The van der Waals surface area contributed by atoms with Crippen LogP contribution in [0.15, 0.2) is 54.1 Å². The predicted octanol–water partition coefficient (Wildman–Crippen LogP) is 1.39. The molecule has 0 fully saturated rings. The van der Waals surface area contributed by atoms with Gasteiger partial charge in [0.25, 0.3) is 0 Å². The molecule has 152 valence electrons.